The number of ether oxygens (including phenoxy) is 3. The lowest BCUT2D eigenvalue weighted by atomic mass is 9.87. The third-order valence-corrected chi connectivity index (χ3v) is 7.56. The summed E-state index contributed by atoms with van der Waals surface area (Å²) in [6.07, 6.45) is 17.7. The lowest BCUT2D eigenvalue weighted by Gasteiger charge is -2.21. The van der Waals surface area contributed by atoms with Crippen LogP contribution in [0.3, 0.4) is 0 Å². The number of esters is 2. The first-order valence-corrected chi connectivity index (χ1v) is 15.3. The van der Waals surface area contributed by atoms with Gasteiger partial charge in [-0.1, -0.05) is 96.1 Å². The summed E-state index contributed by atoms with van der Waals surface area (Å²) in [5, 5.41) is 0. The molecule has 0 fully saturated rings. The van der Waals surface area contributed by atoms with E-state index in [1.165, 1.54) is 77.7 Å². The molecule has 0 aliphatic rings. The Labute approximate surface area is 242 Å². The molecule has 0 unspecified atom stereocenters. The molecule has 6 nitrogen and oxygen atoms in total. The van der Waals surface area contributed by atoms with Crippen LogP contribution in [0, 0.1) is 13.8 Å². The molecule has 1 heterocycles. The molecule has 1 aromatic carbocycles. The first kappa shape index (κ1) is 33.3. The summed E-state index contributed by atoms with van der Waals surface area (Å²) in [5.41, 5.74) is 3.82. The minimum absolute atomic E-state index is 0.219. The van der Waals surface area contributed by atoms with Gasteiger partial charge in [-0.15, -0.1) is 0 Å². The van der Waals surface area contributed by atoms with Gasteiger partial charge in [-0.3, -0.25) is 4.98 Å². The predicted octanol–water partition coefficient (Wildman–Crippen LogP) is 8.97. The van der Waals surface area contributed by atoms with Crippen molar-refractivity contribution in [2.75, 3.05) is 20.8 Å². The van der Waals surface area contributed by atoms with Crippen LogP contribution >= 0.6 is 0 Å². The van der Waals surface area contributed by atoms with E-state index in [-0.39, 0.29) is 17.7 Å². The van der Waals surface area contributed by atoms with Gasteiger partial charge >= 0.3 is 11.9 Å². The first-order chi connectivity index (χ1) is 19.4. The fourth-order valence-corrected chi connectivity index (χ4v) is 5.48. The third-order valence-electron chi connectivity index (χ3n) is 7.56. The number of aryl methyl sites for hydroxylation is 3. The Morgan fingerprint density at radius 1 is 0.700 bits per heavy atom. The number of hydrogen-bond acceptors (Lipinski definition) is 6. The van der Waals surface area contributed by atoms with Crippen molar-refractivity contribution in [3.05, 3.63) is 46.3 Å². The lowest BCUT2D eigenvalue weighted by Crippen LogP contribution is -2.17. The van der Waals surface area contributed by atoms with E-state index in [1.54, 1.807) is 27.9 Å². The highest BCUT2D eigenvalue weighted by Crippen LogP contribution is 2.41. The second-order valence-electron chi connectivity index (χ2n) is 10.6. The molecular weight excluding hydrogens is 502 g/mol. The van der Waals surface area contributed by atoms with Gasteiger partial charge < -0.3 is 14.2 Å². The fraction of sp³-hybridized carbons (Fsp3) is 0.618. The summed E-state index contributed by atoms with van der Waals surface area (Å²) in [7, 11) is 2.95. The largest absolute Gasteiger partial charge is 0.496 e. The number of carbonyl (C=O) groups is 2. The Kier molecular flexibility index (Phi) is 15.4. The van der Waals surface area contributed by atoms with Crippen molar-refractivity contribution in [2.24, 2.45) is 0 Å². The van der Waals surface area contributed by atoms with Gasteiger partial charge in [-0.2, -0.15) is 0 Å². The molecular formula is C34H51NO5. The van der Waals surface area contributed by atoms with Crippen LogP contribution in [0.15, 0.2) is 18.2 Å². The van der Waals surface area contributed by atoms with Gasteiger partial charge in [0.05, 0.1) is 43.3 Å². The van der Waals surface area contributed by atoms with Crippen LogP contribution < -0.4 is 4.74 Å². The summed E-state index contributed by atoms with van der Waals surface area (Å²) in [4.78, 5) is 30.7. The Morgan fingerprint density at radius 3 is 1.73 bits per heavy atom. The molecule has 0 amide bonds. The molecule has 0 aliphatic heterocycles. The summed E-state index contributed by atoms with van der Waals surface area (Å²) in [6.45, 7) is 7.78. The number of rotatable bonds is 19. The van der Waals surface area contributed by atoms with Crippen LogP contribution in [0.25, 0.3) is 11.1 Å². The second kappa shape index (κ2) is 18.5. The van der Waals surface area contributed by atoms with Crippen molar-refractivity contribution in [3.63, 3.8) is 0 Å². The van der Waals surface area contributed by atoms with Gasteiger partial charge in [0.1, 0.15) is 5.75 Å². The molecule has 222 valence electrons. The van der Waals surface area contributed by atoms with Crippen LogP contribution in [0.4, 0.5) is 0 Å². The lowest BCUT2D eigenvalue weighted by molar-refractivity contribution is 0.0526. The van der Waals surface area contributed by atoms with E-state index in [9.17, 15) is 9.59 Å². The van der Waals surface area contributed by atoms with E-state index >= 15 is 0 Å². The number of unbranched alkanes of at least 4 members (excludes halogenated alkanes) is 12. The highest BCUT2D eigenvalue weighted by molar-refractivity contribution is 6.08. The molecule has 0 atom stereocenters. The molecule has 0 radical (unpaired) electrons. The monoisotopic (exact) mass is 553 g/mol. The van der Waals surface area contributed by atoms with Crippen molar-refractivity contribution in [1.29, 1.82) is 0 Å². The molecule has 6 heteroatoms. The maximum atomic E-state index is 13.2. The van der Waals surface area contributed by atoms with Gasteiger partial charge in [-0.05, 0) is 45.2 Å². The van der Waals surface area contributed by atoms with Gasteiger partial charge in [0.15, 0.2) is 0 Å². The standard InChI is InChI=1S/C34H51NO5/c1-7-9-10-11-12-13-14-15-16-17-18-19-20-22-27-23-21-24-28(38-5)31(27)32-29(33(36)39-6)25(3)35-26(4)30(32)34(37)40-8-2/h21,23-24H,7-20,22H2,1-6H3. The number of aromatic nitrogens is 1. The summed E-state index contributed by atoms with van der Waals surface area (Å²) in [5.74, 6) is -0.443. The Balaban J connectivity index is 2.17. The number of carbonyl (C=O) groups excluding carboxylic acids is 2. The first-order valence-electron chi connectivity index (χ1n) is 15.3. The molecule has 2 aromatic rings. The number of nitrogens with zero attached hydrogens (tertiary/aromatic N) is 1. The number of pyridine rings is 1. The molecule has 0 bridgehead atoms. The summed E-state index contributed by atoms with van der Waals surface area (Å²) >= 11 is 0. The van der Waals surface area contributed by atoms with E-state index in [2.05, 4.69) is 18.0 Å². The van der Waals surface area contributed by atoms with Crippen molar-refractivity contribution < 1.29 is 23.8 Å². The molecule has 0 saturated heterocycles. The molecule has 0 aliphatic carbocycles. The topological polar surface area (TPSA) is 74.7 Å². The Bertz CT molecular complexity index is 1080. The van der Waals surface area contributed by atoms with Gasteiger partial charge in [0, 0.05) is 11.1 Å². The molecule has 0 spiro atoms. The Morgan fingerprint density at radius 2 is 1.23 bits per heavy atom. The van der Waals surface area contributed by atoms with Crippen molar-refractivity contribution in [3.8, 4) is 16.9 Å². The Hall–Kier alpha value is -2.89. The molecule has 0 saturated carbocycles. The molecule has 2 rings (SSSR count). The van der Waals surface area contributed by atoms with E-state index in [1.807, 2.05) is 12.1 Å². The zero-order chi connectivity index (χ0) is 29.3. The van der Waals surface area contributed by atoms with E-state index in [0.29, 0.717) is 22.7 Å². The van der Waals surface area contributed by atoms with Gasteiger partial charge in [0.2, 0.25) is 0 Å². The zero-order valence-corrected chi connectivity index (χ0v) is 25.8. The predicted molar refractivity (Wildman–Crippen MR) is 162 cm³/mol. The van der Waals surface area contributed by atoms with Crippen LogP contribution in [0.2, 0.25) is 0 Å². The van der Waals surface area contributed by atoms with Crippen LogP contribution in [-0.4, -0.2) is 37.7 Å². The third kappa shape index (κ3) is 9.64. The highest BCUT2D eigenvalue weighted by atomic mass is 16.5. The zero-order valence-electron chi connectivity index (χ0n) is 25.8. The number of hydrogen-bond donors (Lipinski definition) is 0. The fourth-order valence-electron chi connectivity index (χ4n) is 5.48. The van der Waals surface area contributed by atoms with Crippen LogP contribution in [0.5, 0.6) is 5.75 Å². The summed E-state index contributed by atoms with van der Waals surface area (Å²) in [6, 6.07) is 5.88. The van der Waals surface area contributed by atoms with Gasteiger partial charge in [-0.25, -0.2) is 9.59 Å². The average molecular weight is 554 g/mol. The quantitative estimate of drug-likeness (QED) is 0.128. The van der Waals surface area contributed by atoms with E-state index in [0.717, 1.165) is 30.4 Å². The van der Waals surface area contributed by atoms with E-state index in [4.69, 9.17) is 14.2 Å². The van der Waals surface area contributed by atoms with Crippen molar-refractivity contribution >= 4 is 11.9 Å². The van der Waals surface area contributed by atoms with Crippen LogP contribution in [0.1, 0.15) is 135 Å². The number of benzene rings is 1. The van der Waals surface area contributed by atoms with Crippen molar-refractivity contribution in [2.45, 2.75) is 118 Å². The van der Waals surface area contributed by atoms with Crippen molar-refractivity contribution in [1.82, 2.24) is 4.98 Å². The maximum Gasteiger partial charge on any atom is 0.340 e. The molecule has 1 aromatic heterocycles. The van der Waals surface area contributed by atoms with Gasteiger partial charge in [0.25, 0.3) is 0 Å². The SMILES string of the molecule is CCCCCCCCCCCCCCCc1cccc(OC)c1-c1c(C(=O)OC)c(C)nc(C)c1C(=O)OCC. The average Bonchev–Trinajstić information content (AvgIpc) is 2.94. The van der Waals surface area contributed by atoms with E-state index < -0.39 is 11.9 Å². The van der Waals surface area contributed by atoms with Crippen LogP contribution in [-0.2, 0) is 15.9 Å². The minimum atomic E-state index is -0.539. The smallest absolute Gasteiger partial charge is 0.340 e. The highest BCUT2D eigenvalue weighted by Gasteiger charge is 2.30. The molecule has 40 heavy (non-hydrogen) atoms. The minimum Gasteiger partial charge on any atom is -0.496 e. The number of methoxy groups -OCH3 is 2. The molecule has 0 N–H and O–H groups in total. The summed E-state index contributed by atoms with van der Waals surface area (Å²) < 4.78 is 16.3. The maximum absolute atomic E-state index is 13.2. The second-order valence-corrected chi connectivity index (χ2v) is 10.6. The normalized spacial score (nSPS) is 10.9.